The molecule has 18 heavy (non-hydrogen) atoms. The van der Waals surface area contributed by atoms with Crippen molar-refractivity contribution in [3.63, 3.8) is 0 Å². The number of carbonyl (C=O) groups is 1. The number of ether oxygens (including phenoxy) is 2. The van der Waals surface area contributed by atoms with Gasteiger partial charge in [-0.25, -0.2) is 0 Å². The van der Waals surface area contributed by atoms with Gasteiger partial charge in [0.05, 0.1) is 13.5 Å². The molecule has 1 aromatic carbocycles. The molecule has 0 fully saturated rings. The molecule has 0 heterocycles. The predicted octanol–water partition coefficient (Wildman–Crippen LogP) is 2.67. The number of esters is 1. The van der Waals surface area contributed by atoms with Crippen molar-refractivity contribution in [2.75, 3.05) is 26.6 Å². The maximum atomic E-state index is 11.3. The summed E-state index contributed by atoms with van der Waals surface area (Å²) in [6.45, 7) is 0.802. The fraction of sp³-hybridized carbons (Fsp3) is 0.500. The van der Waals surface area contributed by atoms with Gasteiger partial charge < -0.3 is 9.47 Å². The first-order valence-electron chi connectivity index (χ1n) is 5.98. The molecule has 0 radical (unpaired) electrons. The Labute approximate surface area is 113 Å². The van der Waals surface area contributed by atoms with Gasteiger partial charge in [-0.1, -0.05) is 24.3 Å². The Morgan fingerprint density at radius 1 is 1.22 bits per heavy atom. The molecule has 0 spiro atoms. The normalized spacial score (nSPS) is 10.3. The van der Waals surface area contributed by atoms with Crippen molar-refractivity contribution >= 4 is 17.7 Å². The highest BCUT2D eigenvalue weighted by atomic mass is 32.2. The van der Waals surface area contributed by atoms with Crippen LogP contribution in [0.15, 0.2) is 24.3 Å². The quantitative estimate of drug-likeness (QED) is 0.536. The summed E-state index contributed by atoms with van der Waals surface area (Å²) in [4.78, 5) is 11.3. The molecule has 0 bridgehead atoms. The molecule has 0 amide bonds. The lowest BCUT2D eigenvalue weighted by Gasteiger charge is -2.08. The summed E-state index contributed by atoms with van der Waals surface area (Å²) in [5.41, 5.74) is 2.27. The van der Waals surface area contributed by atoms with Crippen molar-refractivity contribution in [1.82, 2.24) is 0 Å². The first kappa shape index (κ1) is 15.1. The van der Waals surface area contributed by atoms with E-state index in [1.807, 2.05) is 30.0 Å². The standard InChI is InChI=1S/C14H20O3S/c1-16-8-5-9-18-11-13-7-4-3-6-12(13)10-14(15)17-2/h3-4,6-7H,5,8-11H2,1-2H3. The van der Waals surface area contributed by atoms with Crippen LogP contribution in [0.5, 0.6) is 0 Å². The van der Waals surface area contributed by atoms with Gasteiger partial charge in [0.2, 0.25) is 0 Å². The molecule has 100 valence electrons. The molecular formula is C14H20O3S. The van der Waals surface area contributed by atoms with E-state index in [1.54, 1.807) is 7.11 Å². The molecule has 0 aromatic heterocycles. The Balaban J connectivity index is 2.46. The number of benzene rings is 1. The van der Waals surface area contributed by atoms with Gasteiger partial charge in [0.1, 0.15) is 0 Å². The third-order valence-electron chi connectivity index (χ3n) is 2.58. The van der Waals surface area contributed by atoms with Gasteiger partial charge in [0, 0.05) is 19.5 Å². The van der Waals surface area contributed by atoms with E-state index in [2.05, 4.69) is 6.07 Å². The average molecular weight is 268 g/mol. The van der Waals surface area contributed by atoms with Gasteiger partial charge >= 0.3 is 5.97 Å². The van der Waals surface area contributed by atoms with Crippen molar-refractivity contribution in [3.8, 4) is 0 Å². The van der Waals surface area contributed by atoms with Crippen molar-refractivity contribution in [2.24, 2.45) is 0 Å². The summed E-state index contributed by atoms with van der Waals surface area (Å²) in [6.07, 6.45) is 1.41. The van der Waals surface area contributed by atoms with E-state index < -0.39 is 0 Å². The lowest BCUT2D eigenvalue weighted by molar-refractivity contribution is -0.139. The van der Waals surface area contributed by atoms with E-state index in [1.165, 1.54) is 12.7 Å². The van der Waals surface area contributed by atoms with Crippen molar-refractivity contribution < 1.29 is 14.3 Å². The first-order valence-corrected chi connectivity index (χ1v) is 7.13. The maximum absolute atomic E-state index is 11.3. The summed E-state index contributed by atoms with van der Waals surface area (Å²) in [5.74, 6) is 1.81. The van der Waals surface area contributed by atoms with Crippen LogP contribution < -0.4 is 0 Å². The SMILES string of the molecule is COCCCSCc1ccccc1CC(=O)OC. The fourth-order valence-corrected chi connectivity index (χ4v) is 2.55. The van der Waals surface area contributed by atoms with Crippen LogP contribution in [0.3, 0.4) is 0 Å². The molecule has 1 rings (SSSR count). The Kier molecular flexibility index (Phi) is 7.53. The zero-order valence-corrected chi connectivity index (χ0v) is 11.8. The van der Waals surface area contributed by atoms with Gasteiger partial charge in [-0.2, -0.15) is 11.8 Å². The highest BCUT2D eigenvalue weighted by Gasteiger charge is 2.07. The molecule has 0 aliphatic carbocycles. The zero-order chi connectivity index (χ0) is 13.2. The van der Waals surface area contributed by atoms with Crippen LogP contribution in [0, 0.1) is 0 Å². The Bertz CT molecular complexity index is 366. The summed E-state index contributed by atoms with van der Waals surface area (Å²) in [6, 6.07) is 8.02. The van der Waals surface area contributed by atoms with Crippen molar-refractivity contribution in [1.29, 1.82) is 0 Å². The summed E-state index contributed by atoms with van der Waals surface area (Å²) in [7, 11) is 3.14. The van der Waals surface area contributed by atoms with Gasteiger partial charge in [0.15, 0.2) is 0 Å². The molecule has 1 aromatic rings. The van der Waals surface area contributed by atoms with Crippen LogP contribution in [-0.2, 0) is 26.4 Å². The minimum atomic E-state index is -0.188. The Morgan fingerprint density at radius 3 is 2.61 bits per heavy atom. The smallest absolute Gasteiger partial charge is 0.309 e. The van der Waals surface area contributed by atoms with Crippen LogP contribution in [0.25, 0.3) is 0 Å². The topological polar surface area (TPSA) is 35.5 Å². The molecular weight excluding hydrogens is 248 g/mol. The van der Waals surface area contributed by atoms with Crippen molar-refractivity contribution in [2.45, 2.75) is 18.6 Å². The number of rotatable bonds is 8. The van der Waals surface area contributed by atoms with Crippen LogP contribution in [0.1, 0.15) is 17.5 Å². The Hall–Kier alpha value is -1.00. The lowest BCUT2D eigenvalue weighted by atomic mass is 10.1. The second-order valence-corrected chi connectivity index (χ2v) is 5.03. The van der Waals surface area contributed by atoms with E-state index in [4.69, 9.17) is 9.47 Å². The first-order chi connectivity index (χ1) is 8.77. The molecule has 0 saturated carbocycles. The van der Waals surface area contributed by atoms with Gasteiger partial charge in [-0.3, -0.25) is 4.79 Å². The fourth-order valence-electron chi connectivity index (χ4n) is 1.59. The zero-order valence-electron chi connectivity index (χ0n) is 11.0. The molecule has 0 saturated heterocycles. The number of hydrogen-bond donors (Lipinski definition) is 0. The molecule has 3 nitrogen and oxygen atoms in total. The number of thioether (sulfide) groups is 1. The molecule has 0 unspecified atom stereocenters. The Morgan fingerprint density at radius 2 is 1.94 bits per heavy atom. The van der Waals surface area contributed by atoms with Crippen molar-refractivity contribution in [3.05, 3.63) is 35.4 Å². The summed E-state index contributed by atoms with van der Waals surface area (Å²) < 4.78 is 9.71. The van der Waals surface area contributed by atoms with Crippen LogP contribution in [0.4, 0.5) is 0 Å². The summed E-state index contributed by atoms with van der Waals surface area (Å²) >= 11 is 1.86. The number of carbonyl (C=O) groups excluding carboxylic acids is 1. The van der Waals surface area contributed by atoms with E-state index in [-0.39, 0.29) is 5.97 Å². The highest BCUT2D eigenvalue weighted by Crippen LogP contribution is 2.18. The van der Waals surface area contributed by atoms with Gasteiger partial charge in [-0.15, -0.1) is 0 Å². The van der Waals surface area contributed by atoms with Gasteiger partial charge in [0.25, 0.3) is 0 Å². The second kappa shape index (κ2) is 9.00. The average Bonchev–Trinajstić information content (AvgIpc) is 2.40. The van der Waals surface area contributed by atoms with E-state index in [9.17, 15) is 4.79 Å². The van der Waals surface area contributed by atoms with Crippen LogP contribution in [-0.4, -0.2) is 32.5 Å². The van der Waals surface area contributed by atoms with E-state index in [0.717, 1.165) is 30.1 Å². The van der Waals surface area contributed by atoms with Crippen LogP contribution >= 0.6 is 11.8 Å². The molecule has 0 atom stereocenters. The van der Waals surface area contributed by atoms with Crippen LogP contribution in [0.2, 0.25) is 0 Å². The van der Waals surface area contributed by atoms with E-state index >= 15 is 0 Å². The molecule has 4 heteroatoms. The van der Waals surface area contributed by atoms with E-state index in [0.29, 0.717) is 6.42 Å². The number of methoxy groups -OCH3 is 2. The molecule has 0 aliphatic rings. The molecule has 0 aliphatic heterocycles. The van der Waals surface area contributed by atoms with Gasteiger partial charge in [-0.05, 0) is 23.3 Å². The summed E-state index contributed by atoms with van der Waals surface area (Å²) in [5, 5.41) is 0. The highest BCUT2D eigenvalue weighted by molar-refractivity contribution is 7.98. The monoisotopic (exact) mass is 268 g/mol. The lowest BCUT2D eigenvalue weighted by Crippen LogP contribution is -2.06. The molecule has 0 N–H and O–H groups in total. The predicted molar refractivity (Wildman–Crippen MR) is 74.8 cm³/mol. The minimum absolute atomic E-state index is 0.188. The maximum Gasteiger partial charge on any atom is 0.309 e. The second-order valence-electron chi connectivity index (χ2n) is 3.92. The largest absolute Gasteiger partial charge is 0.469 e. The third-order valence-corrected chi connectivity index (χ3v) is 3.67. The minimum Gasteiger partial charge on any atom is -0.469 e. The number of hydrogen-bond acceptors (Lipinski definition) is 4. The third kappa shape index (κ3) is 5.56.